The SMILES string of the molecule is Cc1c(-c2ccc(-c3cnc(C4CC5(CN4[C@H](C(=O)OC(N)=O)C(C)C)O[C@@H](C)C[C@H](C)O5)[nH]3)cc2)ccc(-c2cnc(C3CC4(CN3[C@H](C(=O)OC(N)=O)C(C)C)O[C@@H](C)C[C@H](C)O4)[nH]2)c1C. The van der Waals surface area contributed by atoms with E-state index in [2.05, 4.69) is 48.1 Å². The van der Waals surface area contributed by atoms with E-state index in [-0.39, 0.29) is 49.3 Å². The first-order valence-electron chi connectivity index (χ1n) is 23.7. The molecular formula is C50H66N8O10. The minimum Gasteiger partial charge on any atom is -0.375 e. The van der Waals surface area contributed by atoms with Crippen LogP contribution in [0.25, 0.3) is 33.6 Å². The van der Waals surface area contributed by atoms with Crippen LogP contribution in [0.15, 0.2) is 48.8 Å². The summed E-state index contributed by atoms with van der Waals surface area (Å²) >= 11 is 0. The van der Waals surface area contributed by atoms with Crippen LogP contribution in [0, 0.1) is 25.7 Å². The van der Waals surface area contributed by atoms with Gasteiger partial charge in [0, 0.05) is 18.4 Å². The van der Waals surface area contributed by atoms with Crippen LogP contribution >= 0.6 is 0 Å². The molecule has 4 aliphatic heterocycles. The number of carbonyl (C=O) groups excluding carboxylic acids is 4. The van der Waals surface area contributed by atoms with Crippen LogP contribution in [-0.4, -0.2) is 115 Å². The molecule has 18 nitrogen and oxygen atoms in total. The molecule has 4 fully saturated rings. The third kappa shape index (κ3) is 9.84. The maximum atomic E-state index is 13.4. The number of benzene rings is 2. The molecule has 18 heteroatoms. The minimum absolute atomic E-state index is 0.0558. The summed E-state index contributed by atoms with van der Waals surface area (Å²) in [6, 6.07) is 9.97. The third-order valence-corrected chi connectivity index (χ3v) is 13.9. The predicted molar refractivity (Wildman–Crippen MR) is 250 cm³/mol. The molecule has 2 spiro atoms. The molecule has 4 aliphatic rings. The second kappa shape index (κ2) is 19.1. The predicted octanol–water partition coefficient (Wildman–Crippen LogP) is 7.36. The van der Waals surface area contributed by atoms with E-state index in [0.29, 0.717) is 24.5 Å². The van der Waals surface area contributed by atoms with Crippen molar-refractivity contribution in [2.45, 2.75) is 155 Å². The van der Waals surface area contributed by atoms with E-state index in [0.717, 1.165) is 57.6 Å². The fourth-order valence-corrected chi connectivity index (χ4v) is 11.3. The van der Waals surface area contributed by atoms with Gasteiger partial charge in [0.1, 0.15) is 23.7 Å². The van der Waals surface area contributed by atoms with Crippen LogP contribution in [0.1, 0.15) is 116 Å². The van der Waals surface area contributed by atoms with E-state index in [1.54, 1.807) is 6.20 Å². The zero-order valence-corrected chi connectivity index (χ0v) is 40.7. The lowest BCUT2D eigenvalue weighted by Gasteiger charge is -2.41. The average molecular weight is 939 g/mol. The first-order chi connectivity index (χ1) is 32.1. The number of H-pyrrole nitrogens is 2. The third-order valence-electron chi connectivity index (χ3n) is 13.9. The normalized spacial score (nSPS) is 28.6. The Balaban J connectivity index is 1.03. The highest BCUT2D eigenvalue weighted by Gasteiger charge is 2.56. The van der Waals surface area contributed by atoms with Crippen molar-refractivity contribution in [1.29, 1.82) is 0 Å². The molecule has 2 aromatic heterocycles. The topological polar surface area (TPSA) is 240 Å². The quantitative estimate of drug-likeness (QED) is 0.0849. The summed E-state index contributed by atoms with van der Waals surface area (Å²) < 4.78 is 35.8. The van der Waals surface area contributed by atoms with Gasteiger partial charge in [-0.3, -0.25) is 9.80 Å². The highest BCUT2D eigenvalue weighted by molar-refractivity contribution is 5.88. The number of rotatable bonds is 11. The number of aromatic nitrogens is 4. The van der Waals surface area contributed by atoms with Crippen molar-refractivity contribution in [1.82, 2.24) is 29.7 Å². The Hall–Kier alpha value is -5.50. The van der Waals surface area contributed by atoms with Gasteiger partial charge in [0.15, 0.2) is 11.6 Å². The van der Waals surface area contributed by atoms with Gasteiger partial charge in [-0.2, -0.15) is 0 Å². The lowest BCUT2D eigenvalue weighted by Crippen LogP contribution is -2.52. The number of likely N-dealkylation sites (tertiary alicyclic amines) is 2. The molecule has 6 N–H and O–H groups in total. The number of imidazole rings is 2. The van der Waals surface area contributed by atoms with E-state index >= 15 is 0 Å². The van der Waals surface area contributed by atoms with Gasteiger partial charge in [-0.25, -0.2) is 29.1 Å². The minimum atomic E-state index is -1.15. The Labute approximate surface area is 397 Å². The van der Waals surface area contributed by atoms with E-state index in [4.69, 9.17) is 49.9 Å². The van der Waals surface area contributed by atoms with Crippen molar-refractivity contribution < 1.29 is 47.6 Å². The largest absolute Gasteiger partial charge is 0.412 e. The van der Waals surface area contributed by atoms with Crippen LogP contribution < -0.4 is 11.5 Å². The number of carbonyl (C=O) groups is 4. The summed E-state index contributed by atoms with van der Waals surface area (Å²) in [5.41, 5.74) is 18.4. The molecule has 4 aromatic rings. The number of nitrogens with two attached hydrogens (primary N) is 2. The number of amides is 2. The molecule has 68 heavy (non-hydrogen) atoms. The molecule has 0 aliphatic carbocycles. The molecule has 0 radical (unpaired) electrons. The summed E-state index contributed by atoms with van der Waals surface area (Å²) in [7, 11) is 0. The van der Waals surface area contributed by atoms with Gasteiger partial charge in [-0.1, -0.05) is 64.1 Å². The van der Waals surface area contributed by atoms with Crippen LogP contribution in [0.3, 0.4) is 0 Å². The van der Waals surface area contributed by atoms with Gasteiger partial charge in [0.25, 0.3) is 0 Å². The summed E-state index contributed by atoms with van der Waals surface area (Å²) in [4.78, 5) is 70.9. The molecule has 8 atom stereocenters. The highest BCUT2D eigenvalue weighted by atomic mass is 16.7. The summed E-state index contributed by atoms with van der Waals surface area (Å²) in [5, 5.41) is 0. The summed E-state index contributed by atoms with van der Waals surface area (Å²) in [6.45, 7) is 20.4. The molecule has 6 heterocycles. The first kappa shape index (κ1) is 48.9. The Morgan fingerprint density at radius 2 is 1.00 bits per heavy atom. The zero-order valence-electron chi connectivity index (χ0n) is 40.7. The number of ether oxygens (including phenoxy) is 6. The Morgan fingerprint density at radius 1 is 0.618 bits per heavy atom. The zero-order chi connectivity index (χ0) is 49.0. The lowest BCUT2D eigenvalue weighted by atomic mass is 9.92. The van der Waals surface area contributed by atoms with Crippen molar-refractivity contribution in [2.75, 3.05) is 13.1 Å². The maximum absolute atomic E-state index is 13.4. The number of aromatic amines is 2. The standard InChI is InChI=1S/C50H66N8O10/c1-25(2)41(45(59)63-47(51)61)57-23-49(65-27(5)17-28(6)66-49)19-39(57)43-53-21-37(55-43)34-13-11-33(12-14-34)35-15-16-36(32(10)31(35)9)38-22-54-44(56-38)40-20-50(67-29(7)18-30(8)68-50)24-58(40)42(26(3)4)46(60)64-48(52)62/h11-16,21-22,25-30,39-42H,17-20,23-24H2,1-10H3,(H2,51,61)(H2,52,62)(H,53,55)(H,54,56)/t27-,28-,29-,30-,39?,40?,41-,42-/m0/s1. The van der Waals surface area contributed by atoms with E-state index in [9.17, 15) is 19.2 Å². The van der Waals surface area contributed by atoms with Crippen LogP contribution in [0.5, 0.6) is 0 Å². The molecule has 366 valence electrons. The van der Waals surface area contributed by atoms with Gasteiger partial charge in [0.05, 0.1) is 73.4 Å². The van der Waals surface area contributed by atoms with E-state index < -0.39 is 59.9 Å². The number of esters is 2. The van der Waals surface area contributed by atoms with Crippen molar-refractivity contribution in [2.24, 2.45) is 23.3 Å². The van der Waals surface area contributed by atoms with Gasteiger partial charge >= 0.3 is 24.1 Å². The smallest absolute Gasteiger partial charge is 0.375 e. The average Bonchev–Trinajstić information content (AvgIpc) is 4.04. The molecule has 2 unspecified atom stereocenters. The second-order valence-corrected chi connectivity index (χ2v) is 20.0. The van der Waals surface area contributed by atoms with Crippen LogP contribution in [0.4, 0.5) is 9.59 Å². The van der Waals surface area contributed by atoms with Gasteiger partial charge < -0.3 is 49.9 Å². The summed E-state index contributed by atoms with van der Waals surface area (Å²) in [5.74, 6) is -2.64. The molecule has 0 saturated carbocycles. The lowest BCUT2D eigenvalue weighted by molar-refractivity contribution is -0.304. The molecule has 8 rings (SSSR count). The monoisotopic (exact) mass is 938 g/mol. The fraction of sp³-hybridized carbons (Fsp3) is 0.560. The molecule has 2 amide bonds. The number of nitrogens with one attached hydrogen (secondary N) is 2. The van der Waals surface area contributed by atoms with Gasteiger partial charge in [-0.05, 0) is 94.0 Å². The van der Waals surface area contributed by atoms with Crippen molar-refractivity contribution in [3.8, 4) is 33.6 Å². The Kier molecular flexibility index (Phi) is 13.8. The number of primary amides is 2. The van der Waals surface area contributed by atoms with Crippen molar-refractivity contribution >= 4 is 24.1 Å². The van der Waals surface area contributed by atoms with Gasteiger partial charge in [-0.15, -0.1) is 0 Å². The molecular weight excluding hydrogens is 873 g/mol. The van der Waals surface area contributed by atoms with E-state index in [1.165, 1.54) is 0 Å². The maximum Gasteiger partial charge on any atom is 0.412 e. The fourth-order valence-electron chi connectivity index (χ4n) is 11.3. The van der Waals surface area contributed by atoms with Crippen molar-refractivity contribution in [3.05, 3.63) is 71.6 Å². The molecule has 2 aromatic carbocycles. The Morgan fingerprint density at radius 3 is 1.43 bits per heavy atom. The molecule has 0 bridgehead atoms. The highest BCUT2D eigenvalue weighted by Crippen LogP contribution is 2.48. The number of nitrogens with zero attached hydrogens (tertiary/aromatic N) is 4. The second-order valence-electron chi connectivity index (χ2n) is 20.0. The van der Waals surface area contributed by atoms with E-state index in [1.807, 2.05) is 83.5 Å². The van der Waals surface area contributed by atoms with Crippen molar-refractivity contribution in [3.63, 3.8) is 0 Å². The Bertz CT molecular complexity index is 2500. The number of hydrogen-bond acceptors (Lipinski definition) is 14. The van der Waals surface area contributed by atoms with Gasteiger partial charge in [0.2, 0.25) is 0 Å². The summed E-state index contributed by atoms with van der Waals surface area (Å²) in [6.07, 6.45) is 3.36. The van der Waals surface area contributed by atoms with Crippen LogP contribution in [-0.2, 0) is 38.0 Å². The first-order valence-corrected chi connectivity index (χ1v) is 23.7. The van der Waals surface area contributed by atoms with Crippen LogP contribution in [0.2, 0.25) is 0 Å². The number of hydrogen-bond donors (Lipinski definition) is 4. The molecule has 4 saturated heterocycles.